The smallest absolute Gasteiger partial charge is 0.243 e. The van der Waals surface area contributed by atoms with Crippen LogP contribution in [0.4, 0.5) is 5.95 Å². The van der Waals surface area contributed by atoms with Crippen molar-refractivity contribution in [2.24, 2.45) is 7.05 Å². The summed E-state index contributed by atoms with van der Waals surface area (Å²) in [7, 11) is 1.79. The zero-order valence-electron chi connectivity index (χ0n) is 9.05. The molecule has 0 saturated heterocycles. The first-order valence-corrected chi connectivity index (χ1v) is 5.29. The molecule has 0 aliphatic carbocycles. The van der Waals surface area contributed by atoms with Gasteiger partial charge in [-0.2, -0.15) is 0 Å². The molecule has 5 nitrogen and oxygen atoms in total. The quantitative estimate of drug-likeness (QED) is 0.888. The van der Waals surface area contributed by atoms with Crippen LogP contribution in [-0.2, 0) is 7.05 Å². The van der Waals surface area contributed by atoms with Gasteiger partial charge in [-0.05, 0) is 35.0 Å². The molecule has 0 saturated carbocycles. The molecule has 0 spiro atoms. The van der Waals surface area contributed by atoms with E-state index in [0.717, 1.165) is 10.6 Å². The van der Waals surface area contributed by atoms with Gasteiger partial charge in [0.25, 0.3) is 0 Å². The van der Waals surface area contributed by atoms with E-state index in [9.17, 15) is 0 Å². The van der Waals surface area contributed by atoms with Gasteiger partial charge < -0.3 is 5.32 Å². The molecule has 16 heavy (non-hydrogen) atoms. The van der Waals surface area contributed by atoms with Gasteiger partial charge in [-0.15, -0.1) is 0 Å². The van der Waals surface area contributed by atoms with Crippen molar-refractivity contribution in [2.45, 2.75) is 13.0 Å². The van der Waals surface area contributed by atoms with Gasteiger partial charge in [0.05, 0.1) is 6.04 Å². The lowest BCUT2D eigenvalue weighted by molar-refractivity contribution is 0.706. The lowest BCUT2D eigenvalue weighted by Gasteiger charge is -2.13. The lowest BCUT2D eigenvalue weighted by Crippen LogP contribution is -2.10. The van der Waals surface area contributed by atoms with Gasteiger partial charge in [0.2, 0.25) is 5.95 Å². The van der Waals surface area contributed by atoms with Crippen LogP contribution in [0.3, 0.4) is 0 Å². The van der Waals surface area contributed by atoms with Gasteiger partial charge in [-0.1, -0.05) is 28.8 Å². The highest BCUT2D eigenvalue weighted by atomic mass is 35.5. The first-order valence-electron chi connectivity index (χ1n) is 4.91. The SMILES string of the molecule is CC(Nc1nnnn1C)c1ccc(Cl)cc1. The van der Waals surface area contributed by atoms with E-state index in [2.05, 4.69) is 20.8 Å². The zero-order chi connectivity index (χ0) is 11.5. The summed E-state index contributed by atoms with van der Waals surface area (Å²) in [4.78, 5) is 0. The summed E-state index contributed by atoms with van der Waals surface area (Å²) < 4.78 is 1.59. The second-order valence-electron chi connectivity index (χ2n) is 3.54. The third kappa shape index (κ3) is 2.30. The maximum Gasteiger partial charge on any atom is 0.243 e. The number of nitrogens with one attached hydrogen (secondary N) is 1. The van der Waals surface area contributed by atoms with Crippen LogP contribution in [-0.4, -0.2) is 20.2 Å². The molecule has 84 valence electrons. The van der Waals surface area contributed by atoms with Gasteiger partial charge in [-0.3, -0.25) is 0 Å². The third-order valence-electron chi connectivity index (χ3n) is 2.34. The summed E-state index contributed by atoms with van der Waals surface area (Å²) in [5.41, 5.74) is 1.13. The van der Waals surface area contributed by atoms with Crippen LogP contribution < -0.4 is 5.32 Å². The van der Waals surface area contributed by atoms with Crippen molar-refractivity contribution in [2.75, 3.05) is 5.32 Å². The van der Waals surface area contributed by atoms with E-state index in [1.807, 2.05) is 31.2 Å². The molecule has 1 heterocycles. The van der Waals surface area contributed by atoms with E-state index in [1.165, 1.54) is 0 Å². The van der Waals surface area contributed by atoms with Crippen LogP contribution in [0.15, 0.2) is 24.3 Å². The first-order chi connectivity index (χ1) is 7.66. The highest BCUT2D eigenvalue weighted by molar-refractivity contribution is 6.30. The molecule has 0 radical (unpaired) electrons. The topological polar surface area (TPSA) is 55.6 Å². The molecule has 1 aromatic heterocycles. The Morgan fingerprint density at radius 2 is 2.00 bits per heavy atom. The van der Waals surface area contributed by atoms with Crippen molar-refractivity contribution >= 4 is 17.5 Å². The normalized spacial score (nSPS) is 12.4. The highest BCUT2D eigenvalue weighted by Gasteiger charge is 2.08. The van der Waals surface area contributed by atoms with Crippen LogP contribution in [0.25, 0.3) is 0 Å². The molecule has 6 heteroatoms. The van der Waals surface area contributed by atoms with E-state index in [1.54, 1.807) is 11.7 Å². The Labute approximate surface area is 98.4 Å². The summed E-state index contributed by atoms with van der Waals surface area (Å²) in [5, 5.41) is 15.1. The fourth-order valence-corrected chi connectivity index (χ4v) is 1.51. The van der Waals surface area contributed by atoms with Crippen molar-refractivity contribution in [3.63, 3.8) is 0 Å². The average molecular weight is 238 g/mol. The maximum absolute atomic E-state index is 5.83. The minimum absolute atomic E-state index is 0.127. The molecule has 1 unspecified atom stereocenters. The first kappa shape index (κ1) is 10.9. The van der Waals surface area contributed by atoms with Crippen LogP contribution >= 0.6 is 11.6 Å². The summed E-state index contributed by atoms with van der Waals surface area (Å²) in [6.45, 7) is 2.04. The molecule has 0 aliphatic rings. The summed E-state index contributed by atoms with van der Waals surface area (Å²) in [5.74, 6) is 0.641. The summed E-state index contributed by atoms with van der Waals surface area (Å²) in [6.07, 6.45) is 0. The molecule has 0 fully saturated rings. The van der Waals surface area contributed by atoms with Gasteiger partial charge in [-0.25, -0.2) is 4.68 Å². The number of tetrazole rings is 1. The molecule has 2 rings (SSSR count). The minimum atomic E-state index is 0.127. The number of anilines is 1. The van der Waals surface area contributed by atoms with Gasteiger partial charge in [0.15, 0.2) is 0 Å². The number of hydrogen-bond acceptors (Lipinski definition) is 4. The Hall–Kier alpha value is -1.62. The van der Waals surface area contributed by atoms with Crippen molar-refractivity contribution in [3.8, 4) is 0 Å². The molecule has 0 aliphatic heterocycles. The monoisotopic (exact) mass is 237 g/mol. The molecule has 1 N–H and O–H groups in total. The van der Waals surface area contributed by atoms with Crippen LogP contribution in [0.5, 0.6) is 0 Å². The Morgan fingerprint density at radius 3 is 2.56 bits per heavy atom. The lowest BCUT2D eigenvalue weighted by atomic mass is 10.1. The van der Waals surface area contributed by atoms with Crippen molar-refractivity contribution in [1.82, 2.24) is 20.2 Å². The summed E-state index contributed by atoms with van der Waals surface area (Å²) >= 11 is 5.83. The minimum Gasteiger partial charge on any atom is -0.347 e. The predicted molar refractivity (Wildman–Crippen MR) is 62.3 cm³/mol. The second kappa shape index (κ2) is 4.49. The largest absolute Gasteiger partial charge is 0.347 e. The van der Waals surface area contributed by atoms with Gasteiger partial charge >= 0.3 is 0 Å². The average Bonchev–Trinajstić information content (AvgIpc) is 2.65. The molecule has 0 bridgehead atoms. The predicted octanol–water partition coefficient (Wildman–Crippen LogP) is 2.04. The van der Waals surface area contributed by atoms with E-state index >= 15 is 0 Å². The number of benzene rings is 1. The van der Waals surface area contributed by atoms with Crippen LogP contribution in [0.1, 0.15) is 18.5 Å². The van der Waals surface area contributed by atoms with Crippen LogP contribution in [0.2, 0.25) is 5.02 Å². The standard InChI is InChI=1S/C10H12ClN5/c1-7(8-3-5-9(11)6-4-8)12-10-13-14-15-16(10)2/h3-7H,1-2H3,(H,12,13,15). The second-order valence-corrected chi connectivity index (χ2v) is 3.98. The molecule has 1 aromatic carbocycles. The Balaban J connectivity index is 2.11. The molecule has 0 amide bonds. The maximum atomic E-state index is 5.83. The van der Waals surface area contributed by atoms with Gasteiger partial charge in [0, 0.05) is 12.1 Å². The number of halogens is 1. The number of nitrogens with zero attached hydrogens (tertiary/aromatic N) is 4. The highest BCUT2D eigenvalue weighted by Crippen LogP contribution is 2.18. The Bertz CT molecular complexity index is 464. The fraction of sp³-hybridized carbons (Fsp3) is 0.300. The number of rotatable bonds is 3. The van der Waals surface area contributed by atoms with E-state index in [0.29, 0.717) is 5.95 Å². The molecule has 2 aromatic rings. The van der Waals surface area contributed by atoms with Crippen molar-refractivity contribution in [1.29, 1.82) is 0 Å². The zero-order valence-corrected chi connectivity index (χ0v) is 9.81. The number of hydrogen-bond donors (Lipinski definition) is 1. The van der Waals surface area contributed by atoms with Gasteiger partial charge in [0.1, 0.15) is 0 Å². The molecule has 1 atom stereocenters. The Morgan fingerprint density at radius 1 is 1.31 bits per heavy atom. The number of aryl methyl sites for hydroxylation is 1. The summed E-state index contributed by atoms with van der Waals surface area (Å²) in [6, 6.07) is 7.81. The van der Waals surface area contributed by atoms with E-state index in [4.69, 9.17) is 11.6 Å². The van der Waals surface area contributed by atoms with Crippen LogP contribution in [0, 0.1) is 0 Å². The van der Waals surface area contributed by atoms with E-state index < -0.39 is 0 Å². The van der Waals surface area contributed by atoms with E-state index in [-0.39, 0.29) is 6.04 Å². The van der Waals surface area contributed by atoms with Crippen molar-refractivity contribution < 1.29 is 0 Å². The number of aromatic nitrogens is 4. The Kier molecular flexibility index (Phi) is 3.05. The fourth-order valence-electron chi connectivity index (χ4n) is 1.38. The molecular weight excluding hydrogens is 226 g/mol. The van der Waals surface area contributed by atoms with Crippen molar-refractivity contribution in [3.05, 3.63) is 34.9 Å². The molecular formula is C10H12ClN5. The third-order valence-corrected chi connectivity index (χ3v) is 2.59.